The first kappa shape index (κ1) is 11.4. The first-order chi connectivity index (χ1) is 9.71. The lowest BCUT2D eigenvalue weighted by Gasteiger charge is -2.33. The van der Waals surface area contributed by atoms with Crippen molar-refractivity contribution in [2.45, 2.75) is 18.3 Å². The van der Waals surface area contributed by atoms with Crippen molar-refractivity contribution in [1.29, 1.82) is 0 Å². The molecule has 1 heterocycles. The Hall–Kier alpha value is -2.42. The van der Waals surface area contributed by atoms with Gasteiger partial charge in [0.1, 0.15) is 0 Å². The summed E-state index contributed by atoms with van der Waals surface area (Å²) in [6, 6.07) is 16.0. The van der Waals surface area contributed by atoms with Crippen LogP contribution in [0.25, 0.3) is 11.1 Å². The van der Waals surface area contributed by atoms with E-state index in [1.807, 2.05) is 48.5 Å². The second-order valence-corrected chi connectivity index (χ2v) is 5.37. The standard InChI is InChI=1S/C17H12O3/c18-15-9-17(10-16(19)20-15)13-7-3-1-5-11(13)12-6-2-4-8-14(12)17/h1-8H,9-10H2. The third-order valence-electron chi connectivity index (χ3n) is 4.30. The van der Waals surface area contributed by atoms with Gasteiger partial charge in [0.2, 0.25) is 0 Å². The van der Waals surface area contributed by atoms with Gasteiger partial charge in [0, 0.05) is 5.41 Å². The minimum Gasteiger partial charge on any atom is -0.393 e. The topological polar surface area (TPSA) is 43.4 Å². The molecule has 0 unspecified atom stereocenters. The molecule has 2 aromatic carbocycles. The third-order valence-corrected chi connectivity index (χ3v) is 4.30. The maximum absolute atomic E-state index is 11.8. The van der Waals surface area contributed by atoms with E-state index in [0.717, 1.165) is 22.3 Å². The van der Waals surface area contributed by atoms with Gasteiger partial charge in [0.15, 0.2) is 0 Å². The molecule has 0 bridgehead atoms. The normalized spacial score (nSPS) is 18.6. The van der Waals surface area contributed by atoms with Crippen molar-refractivity contribution in [1.82, 2.24) is 0 Å². The molecular weight excluding hydrogens is 252 g/mol. The summed E-state index contributed by atoms with van der Waals surface area (Å²) in [5, 5.41) is 0. The molecule has 2 aliphatic rings. The number of hydrogen-bond donors (Lipinski definition) is 0. The Morgan fingerprint density at radius 1 is 0.750 bits per heavy atom. The van der Waals surface area contributed by atoms with Gasteiger partial charge in [0.05, 0.1) is 12.8 Å². The molecule has 1 aliphatic carbocycles. The number of hydrogen-bond acceptors (Lipinski definition) is 3. The van der Waals surface area contributed by atoms with E-state index in [4.69, 9.17) is 4.74 Å². The Balaban J connectivity index is 2.04. The summed E-state index contributed by atoms with van der Waals surface area (Å²) in [6.45, 7) is 0. The van der Waals surface area contributed by atoms with E-state index in [0.29, 0.717) is 0 Å². The zero-order valence-electron chi connectivity index (χ0n) is 10.8. The van der Waals surface area contributed by atoms with Crippen LogP contribution in [0, 0.1) is 0 Å². The summed E-state index contributed by atoms with van der Waals surface area (Å²) in [6.07, 6.45) is 0.458. The Labute approximate surface area is 116 Å². The second kappa shape index (κ2) is 3.79. The molecule has 4 rings (SSSR count). The van der Waals surface area contributed by atoms with Gasteiger partial charge in [-0.2, -0.15) is 0 Å². The van der Waals surface area contributed by atoms with Crippen LogP contribution in [0.2, 0.25) is 0 Å². The van der Waals surface area contributed by atoms with E-state index in [2.05, 4.69) is 0 Å². The Bertz CT molecular complexity index is 682. The molecule has 20 heavy (non-hydrogen) atoms. The van der Waals surface area contributed by atoms with Crippen LogP contribution >= 0.6 is 0 Å². The SMILES string of the molecule is O=C1CC2(CC(=O)O1)c1ccccc1-c1ccccc12. The third kappa shape index (κ3) is 1.35. The highest BCUT2D eigenvalue weighted by Crippen LogP contribution is 2.53. The van der Waals surface area contributed by atoms with Gasteiger partial charge in [0.25, 0.3) is 0 Å². The number of ether oxygens (including phenoxy) is 1. The highest BCUT2D eigenvalue weighted by atomic mass is 16.6. The lowest BCUT2D eigenvalue weighted by molar-refractivity contribution is -0.165. The predicted molar refractivity (Wildman–Crippen MR) is 73.0 cm³/mol. The van der Waals surface area contributed by atoms with Crippen LogP contribution < -0.4 is 0 Å². The Kier molecular flexibility index (Phi) is 2.16. The van der Waals surface area contributed by atoms with Gasteiger partial charge in [-0.15, -0.1) is 0 Å². The monoisotopic (exact) mass is 264 g/mol. The molecule has 1 saturated heterocycles. The van der Waals surface area contributed by atoms with E-state index in [1.54, 1.807) is 0 Å². The first-order valence-electron chi connectivity index (χ1n) is 6.64. The molecule has 1 fully saturated rings. The van der Waals surface area contributed by atoms with Crippen LogP contribution in [0.15, 0.2) is 48.5 Å². The van der Waals surface area contributed by atoms with Crippen LogP contribution in [-0.2, 0) is 19.7 Å². The fourth-order valence-corrected chi connectivity index (χ4v) is 3.55. The number of esters is 2. The summed E-state index contributed by atoms with van der Waals surface area (Å²) < 4.78 is 4.73. The minimum absolute atomic E-state index is 0.229. The highest BCUT2D eigenvalue weighted by Gasteiger charge is 2.49. The smallest absolute Gasteiger partial charge is 0.314 e. The van der Waals surface area contributed by atoms with Crippen LogP contribution in [0.4, 0.5) is 0 Å². The van der Waals surface area contributed by atoms with Gasteiger partial charge in [-0.3, -0.25) is 9.59 Å². The minimum atomic E-state index is -0.542. The van der Waals surface area contributed by atoms with Gasteiger partial charge >= 0.3 is 11.9 Å². The molecule has 1 aliphatic heterocycles. The molecule has 0 amide bonds. The van der Waals surface area contributed by atoms with Crippen molar-refractivity contribution >= 4 is 11.9 Å². The highest BCUT2D eigenvalue weighted by molar-refractivity contribution is 5.95. The molecule has 0 saturated carbocycles. The number of rotatable bonds is 0. The van der Waals surface area contributed by atoms with Crippen LogP contribution in [0.3, 0.4) is 0 Å². The van der Waals surface area contributed by atoms with E-state index >= 15 is 0 Å². The van der Waals surface area contributed by atoms with Gasteiger partial charge in [-0.1, -0.05) is 48.5 Å². The van der Waals surface area contributed by atoms with Crippen LogP contribution in [-0.4, -0.2) is 11.9 Å². The lowest BCUT2D eigenvalue weighted by atomic mass is 9.72. The molecule has 0 aromatic heterocycles. The zero-order chi connectivity index (χ0) is 13.7. The fraction of sp³-hybridized carbons (Fsp3) is 0.176. The average Bonchev–Trinajstić information content (AvgIpc) is 2.70. The Morgan fingerprint density at radius 3 is 1.70 bits per heavy atom. The molecule has 0 atom stereocenters. The van der Waals surface area contributed by atoms with E-state index in [9.17, 15) is 9.59 Å². The average molecular weight is 264 g/mol. The molecule has 3 nitrogen and oxygen atoms in total. The second-order valence-electron chi connectivity index (χ2n) is 5.37. The zero-order valence-corrected chi connectivity index (χ0v) is 10.8. The Morgan fingerprint density at radius 2 is 1.20 bits per heavy atom. The molecule has 98 valence electrons. The molecule has 0 radical (unpaired) electrons. The molecule has 2 aromatic rings. The summed E-state index contributed by atoms with van der Waals surface area (Å²) in [7, 11) is 0. The van der Waals surface area contributed by atoms with Crippen molar-refractivity contribution in [3.05, 3.63) is 59.7 Å². The molecule has 1 spiro atoms. The van der Waals surface area contributed by atoms with Crippen molar-refractivity contribution in [2.24, 2.45) is 0 Å². The number of carbonyl (C=O) groups is 2. The van der Waals surface area contributed by atoms with Crippen LogP contribution in [0.1, 0.15) is 24.0 Å². The van der Waals surface area contributed by atoms with E-state index in [1.165, 1.54) is 0 Å². The summed E-state index contributed by atoms with van der Waals surface area (Å²) in [5.74, 6) is -0.875. The number of fused-ring (bicyclic) bond motifs is 5. The maximum Gasteiger partial charge on any atom is 0.314 e. The molecule has 0 N–H and O–H groups in total. The largest absolute Gasteiger partial charge is 0.393 e. The van der Waals surface area contributed by atoms with E-state index < -0.39 is 17.4 Å². The summed E-state index contributed by atoms with van der Waals surface area (Å²) in [4.78, 5) is 23.6. The molecular formula is C17H12O3. The van der Waals surface area contributed by atoms with Crippen molar-refractivity contribution in [3.63, 3.8) is 0 Å². The number of carbonyl (C=O) groups excluding carboxylic acids is 2. The summed E-state index contributed by atoms with van der Waals surface area (Å²) >= 11 is 0. The molecule has 3 heteroatoms. The quantitative estimate of drug-likeness (QED) is 0.543. The number of benzene rings is 2. The lowest BCUT2D eigenvalue weighted by Crippen LogP contribution is -2.38. The van der Waals surface area contributed by atoms with Gasteiger partial charge < -0.3 is 4.74 Å². The maximum atomic E-state index is 11.8. The van der Waals surface area contributed by atoms with Crippen molar-refractivity contribution in [2.75, 3.05) is 0 Å². The predicted octanol–water partition coefficient (Wildman–Crippen LogP) is 2.82. The fourth-order valence-electron chi connectivity index (χ4n) is 3.55. The van der Waals surface area contributed by atoms with Gasteiger partial charge in [-0.05, 0) is 22.3 Å². The van der Waals surface area contributed by atoms with Gasteiger partial charge in [-0.25, -0.2) is 0 Å². The summed E-state index contributed by atoms with van der Waals surface area (Å²) in [5.41, 5.74) is 3.81. The van der Waals surface area contributed by atoms with Crippen molar-refractivity contribution < 1.29 is 14.3 Å². The van der Waals surface area contributed by atoms with Crippen LogP contribution in [0.5, 0.6) is 0 Å². The van der Waals surface area contributed by atoms with Crippen molar-refractivity contribution in [3.8, 4) is 11.1 Å². The van der Waals surface area contributed by atoms with E-state index in [-0.39, 0.29) is 12.8 Å². The first-order valence-corrected chi connectivity index (χ1v) is 6.64. The number of cyclic esters (lactones) is 2.